The minimum atomic E-state index is -0.604. The van der Waals surface area contributed by atoms with Crippen LogP contribution >= 0.6 is 11.6 Å². The van der Waals surface area contributed by atoms with Gasteiger partial charge in [-0.25, -0.2) is 13.9 Å². The van der Waals surface area contributed by atoms with Crippen molar-refractivity contribution in [1.82, 2.24) is 29.4 Å². The number of nitrogen functional groups attached to an aromatic ring is 1. The van der Waals surface area contributed by atoms with E-state index in [1.807, 2.05) is 4.90 Å². The van der Waals surface area contributed by atoms with Crippen LogP contribution in [0.1, 0.15) is 23.2 Å². The van der Waals surface area contributed by atoms with Gasteiger partial charge < -0.3 is 25.8 Å². The fraction of sp³-hybridized carbons (Fsp3) is 0.435. The summed E-state index contributed by atoms with van der Waals surface area (Å²) < 4.78 is 14.6. The van der Waals surface area contributed by atoms with E-state index < -0.39 is 11.7 Å². The highest BCUT2D eigenvalue weighted by Crippen LogP contribution is 2.36. The Morgan fingerprint density at radius 2 is 1.83 bits per heavy atom. The number of likely N-dealkylation sites (N-methyl/N-ethyl adjacent to an activating group) is 1. The molecule has 5 rings (SSSR count). The molecule has 36 heavy (non-hydrogen) atoms. The van der Waals surface area contributed by atoms with Gasteiger partial charge in [-0.15, -0.1) is 5.10 Å². The third-order valence-corrected chi connectivity index (χ3v) is 7.07. The molecule has 0 atom stereocenters. The van der Waals surface area contributed by atoms with E-state index in [-0.39, 0.29) is 28.9 Å². The van der Waals surface area contributed by atoms with Crippen molar-refractivity contribution in [3.8, 4) is 0 Å². The lowest BCUT2D eigenvalue weighted by Gasteiger charge is -2.38. The summed E-state index contributed by atoms with van der Waals surface area (Å²) in [6.45, 7) is 4.52. The minimum Gasteiger partial charge on any atom is -0.381 e. The summed E-state index contributed by atoms with van der Waals surface area (Å²) in [5.74, 6) is -1.07. The molecule has 3 aromatic heterocycles. The molecular weight excluding hydrogens is 489 g/mol. The predicted octanol–water partition coefficient (Wildman–Crippen LogP) is 1.74. The molecule has 13 heteroatoms. The lowest BCUT2D eigenvalue weighted by atomic mass is 9.94. The lowest BCUT2D eigenvalue weighted by Crippen LogP contribution is -2.50. The van der Waals surface area contributed by atoms with Crippen LogP contribution < -0.4 is 16.0 Å². The van der Waals surface area contributed by atoms with Gasteiger partial charge >= 0.3 is 0 Å². The van der Waals surface area contributed by atoms with Gasteiger partial charge in [0.05, 0.1) is 35.0 Å². The van der Waals surface area contributed by atoms with E-state index in [0.717, 1.165) is 43.1 Å². The van der Waals surface area contributed by atoms with Crippen molar-refractivity contribution in [2.24, 2.45) is 5.92 Å². The van der Waals surface area contributed by atoms with Crippen LogP contribution in [0.4, 0.5) is 21.6 Å². The normalized spacial score (nSPS) is 17.5. The van der Waals surface area contributed by atoms with Gasteiger partial charge in [-0.3, -0.25) is 14.6 Å². The molecule has 2 saturated heterocycles. The van der Waals surface area contributed by atoms with Crippen LogP contribution in [0.5, 0.6) is 0 Å². The zero-order valence-electron chi connectivity index (χ0n) is 19.8. The van der Waals surface area contributed by atoms with Crippen LogP contribution in [0.15, 0.2) is 24.8 Å². The maximum atomic E-state index is 13.5. The van der Waals surface area contributed by atoms with Crippen LogP contribution in [-0.2, 0) is 4.79 Å². The number of anilines is 3. The van der Waals surface area contributed by atoms with Gasteiger partial charge in [0.15, 0.2) is 17.3 Å². The molecular formula is C23H27ClFN9O2. The van der Waals surface area contributed by atoms with Crippen LogP contribution in [-0.4, -0.2) is 87.5 Å². The molecule has 3 N–H and O–H groups in total. The molecule has 2 aliphatic rings. The number of piperazine rings is 1. The number of nitrogens with zero attached hydrogens (tertiary/aromatic N) is 7. The lowest BCUT2D eigenvalue weighted by molar-refractivity contribution is -0.137. The smallest absolute Gasteiger partial charge is 0.263 e. The summed E-state index contributed by atoms with van der Waals surface area (Å²) in [4.78, 5) is 40.5. The highest BCUT2D eigenvalue weighted by Gasteiger charge is 2.31. The number of hydrogen-bond acceptors (Lipinski definition) is 8. The van der Waals surface area contributed by atoms with Gasteiger partial charge in [-0.05, 0) is 19.9 Å². The monoisotopic (exact) mass is 515 g/mol. The van der Waals surface area contributed by atoms with Crippen LogP contribution in [0.2, 0.25) is 5.02 Å². The zero-order chi connectivity index (χ0) is 25.4. The number of carbonyl (C=O) groups excluding carboxylic acids is 2. The summed E-state index contributed by atoms with van der Waals surface area (Å²) in [5, 5.41) is 7.17. The predicted molar refractivity (Wildman–Crippen MR) is 134 cm³/mol. The maximum Gasteiger partial charge on any atom is 0.263 e. The first-order chi connectivity index (χ1) is 17.3. The molecule has 0 radical (unpaired) electrons. The quantitative estimate of drug-likeness (QED) is 0.538. The second-order valence-corrected chi connectivity index (χ2v) is 9.57. The molecule has 0 saturated carbocycles. The average molecular weight is 516 g/mol. The number of nitrogens with one attached hydrogen (secondary N) is 1. The largest absolute Gasteiger partial charge is 0.381 e. The molecule has 0 unspecified atom stereocenters. The zero-order valence-corrected chi connectivity index (χ0v) is 20.6. The number of carbonyl (C=O) groups is 2. The molecule has 2 fully saturated rings. The first-order valence-electron chi connectivity index (χ1n) is 11.8. The second-order valence-electron chi connectivity index (χ2n) is 9.16. The standard InChI is InChI=1S/C23H27ClFN9O2/c1-31-6-8-33(9-7-31)23(36)14-2-4-32(5-3-14)19-16(24)11-27-12-17(19)29-22(35)18-20(26)30-34-13-15(25)10-28-21(18)34/h10-14H,2-9H2,1H3,(H2,26,30)(H,29,35). The number of aromatic nitrogens is 4. The summed E-state index contributed by atoms with van der Waals surface area (Å²) in [5.41, 5.74) is 7.12. The molecule has 190 valence electrons. The van der Waals surface area contributed by atoms with E-state index in [4.69, 9.17) is 17.3 Å². The molecule has 0 aromatic carbocycles. The maximum absolute atomic E-state index is 13.5. The topological polar surface area (TPSA) is 125 Å². The number of rotatable bonds is 4. The molecule has 3 aromatic rings. The highest BCUT2D eigenvalue weighted by molar-refractivity contribution is 6.34. The van der Waals surface area contributed by atoms with Crippen molar-refractivity contribution >= 4 is 46.3 Å². The molecule has 0 bridgehead atoms. The molecule has 2 aliphatic heterocycles. The van der Waals surface area contributed by atoms with Gasteiger partial charge in [0.1, 0.15) is 5.56 Å². The Morgan fingerprint density at radius 3 is 2.56 bits per heavy atom. The van der Waals surface area contributed by atoms with E-state index in [0.29, 0.717) is 42.3 Å². The average Bonchev–Trinajstić information content (AvgIpc) is 3.19. The number of fused-ring (bicyclic) bond motifs is 1. The summed E-state index contributed by atoms with van der Waals surface area (Å²) in [6, 6.07) is 0. The van der Waals surface area contributed by atoms with Crippen molar-refractivity contribution in [1.29, 1.82) is 0 Å². The van der Waals surface area contributed by atoms with Gasteiger partial charge in [0.25, 0.3) is 5.91 Å². The third kappa shape index (κ3) is 4.65. The SMILES string of the molecule is CN1CCN(C(=O)C2CCN(c3c(Cl)cncc3NC(=O)c3c(N)nn4cc(F)cnc34)CC2)CC1. The fourth-order valence-corrected chi connectivity index (χ4v) is 5.09. The Labute approximate surface area is 212 Å². The van der Waals surface area contributed by atoms with Crippen LogP contribution in [0, 0.1) is 11.7 Å². The molecule has 11 nitrogen and oxygen atoms in total. The van der Waals surface area contributed by atoms with Gasteiger partial charge in [0.2, 0.25) is 5.91 Å². The Kier molecular flexibility index (Phi) is 6.63. The minimum absolute atomic E-state index is 0.0254. The van der Waals surface area contributed by atoms with E-state index in [2.05, 4.69) is 37.2 Å². The Bertz CT molecular complexity index is 1300. The Balaban J connectivity index is 1.31. The summed E-state index contributed by atoms with van der Waals surface area (Å²) in [7, 11) is 2.06. The van der Waals surface area contributed by atoms with Crippen LogP contribution in [0.25, 0.3) is 5.65 Å². The molecule has 0 spiro atoms. The second kappa shape index (κ2) is 9.86. The summed E-state index contributed by atoms with van der Waals surface area (Å²) >= 11 is 6.52. The Hall–Kier alpha value is -3.51. The van der Waals surface area contributed by atoms with Crippen molar-refractivity contribution in [3.63, 3.8) is 0 Å². The van der Waals surface area contributed by atoms with E-state index in [1.165, 1.54) is 12.4 Å². The van der Waals surface area contributed by atoms with Gasteiger partial charge in [-0.2, -0.15) is 0 Å². The third-order valence-electron chi connectivity index (χ3n) is 6.79. The number of piperidine rings is 1. The van der Waals surface area contributed by atoms with Crippen LogP contribution in [0.3, 0.4) is 0 Å². The van der Waals surface area contributed by atoms with Crippen molar-refractivity contribution in [2.75, 3.05) is 62.3 Å². The van der Waals surface area contributed by atoms with E-state index in [9.17, 15) is 14.0 Å². The van der Waals surface area contributed by atoms with Crippen molar-refractivity contribution in [2.45, 2.75) is 12.8 Å². The van der Waals surface area contributed by atoms with E-state index >= 15 is 0 Å². The van der Waals surface area contributed by atoms with Gasteiger partial charge in [0, 0.05) is 51.4 Å². The number of pyridine rings is 1. The number of nitrogens with two attached hydrogens (primary N) is 1. The first-order valence-corrected chi connectivity index (χ1v) is 12.2. The highest BCUT2D eigenvalue weighted by atomic mass is 35.5. The first kappa shape index (κ1) is 24.2. The number of halogens is 2. The van der Waals surface area contributed by atoms with Gasteiger partial charge in [-0.1, -0.05) is 11.6 Å². The summed E-state index contributed by atoms with van der Waals surface area (Å²) in [6.07, 6.45) is 6.49. The number of hydrogen-bond donors (Lipinski definition) is 2. The van der Waals surface area contributed by atoms with Crippen molar-refractivity contribution < 1.29 is 14.0 Å². The molecule has 0 aliphatic carbocycles. The fourth-order valence-electron chi connectivity index (χ4n) is 4.81. The molecule has 2 amide bonds. The Morgan fingerprint density at radius 1 is 1.11 bits per heavy atom. The van der Waals surface area contributed by atoms with Crippen molar-refractivity contribution in [3.05, 3.63) is 41.2 Å². The number of amides is 2. The van der Waals surface area contributed by atoms with E-state index in [1.54, 1.807) is 0 Å². The molecule has 5 heterocycles.